The van der Waals surface area contributed by atoms with Crippen molar-refractivity contribution in [3.63, 3.8) is 0 Å². The predicted octanol–water partition coefficient (Wildman–Crippen LogP) is 3.15. The number of hydrogen-bond donors (Lipinski definition) is 1. The molecule has 21 heavy (non-hydrogen) atoms. The molecule has 0 bridgehead atoms. The fourth-order valence-electron chi connectivity index (χ4n) is 2.88. The van der Waals surface area contributed by atoms with E-state index in [2.05, 4.69) is 18.7 Å². The number of likely N-dealkylation sites (N-methyl/N-ethyl adjacent to an activating group) is 1. The van der Waals surface area contributed by atoms with Gasteiger partial charge in [0.15, 0.2) is 0 Å². The molecular weight excluding hydrogens is 311 g/mol. The highest BCUT2D eigenvalue weighted by Crippen LogP contribution is 2.30. The molecule has 2 rings (SSSR count). The van der Waals surface area contributed by atoms with Crippen LogP contribution in [0.4, 0.5) is 0 Å². The fraction of sp³-hybridized carbons (Fsp3) is 0.533. The molecule has 2 atom stereocenters. The van der Waals surface area contributed by atoms with Gasteiger partial charge in [0.05, 0.1) is 10.0 Å². The van der Waals surface area contributed by atoms with Crippen molar-refractivity contribution in [2.45, 2.75) is 25.9 Å². The normalized spacial score (nSPS) is 22.2. The summed E-state index contributed by atoms with van der Waals surface area (Å²) in [5, 5.41) is 10.5. The molecule has 1 saturated heterocycles. The van der Waals surface area contributed by atoms with Gasteiger partial charge in [-0.1, -0.05) is 36.2 Å². The van der Waals surface area contributed by atoms with Crippen LogP contribution < -0.4 is 0 Å². The van der Waals surface area contributed by atoms with Crippen LogP contribution in [0.25, 0.3) is 0 Å². The highest BCUT2D eigenvalue weighted by atomic mass is 35.5. The molecule has 1 heterocycles. The van der Waals surface area contributed by atoms with Crippen LogP contribution in [0.2, 0.25) is 10.0 Å². The van der Waals surface area contributed by atoms with Crippen LogP contribution in [0.3, 0.4) is 0 Å². The Morgan fingerprint density at radius 2 is 2.10 bits per heavy atom. The number of piperazine rings is 1. The lowest BCUT2D eigenvalue weighted by atomic mass is 10.0. The number of aliphatic carboxylic acids is 1. The molecule has 0 aromatic heterocycles. The van der Waals surface area contributed by atoms with Crippen LogP contribution >= 0.6 is 23.2 Å². The Kier molecular flexibility index (Phi) is 5.49. The third kappa shape index (κ3) is 3.69. The van der Waals surface area contributed by atoms with Gasteiger partial charge in [0, 0.05) is 25.7 Å². The van der Waals surface area contributed by atoms with Gasteiger partial charge in [-0.3, -0.25) is 9.69 Å². The van der Waals surface area contributed by atoms with Gasteiger partial charge in [-0.2, -0.15) is 0 Å². The zero-order valence-electron chi connectivity index (χ0n) is 12.2. The first-order chi connectivity index (χ1) is 9.93. The Labute approximate surface area is 135 Å². The SMILES string of the molecule is CCN1CCN(C(C(=O)O)c2ccc(Cl)c(Cl)c2)C(C)C1. The van der Waals surface area contributed by atoms with Crippen LogP contribution in [0.5, 0.6) is 0 Å². The number of carboxylic acid groups (broad SMARTS) is 1. The molecule has 1 aromatic rings. The van der Waals surface area contributed by atoms with Gasteiger partial charge in [-0.15, -0.1) is 0 Å². The fourth-order valence-corrected chi connectivity index (χ4v) is 3.18. The van der Waals surface area contributed by atoms with Crippen molar-refractivity contribution >= 4 is 29.2 Å². The average molecular weight is 331 g/mol. The molecule has 0 aliphatic carbocycles. The number of halogens is 2. The summed E-state index contributed by atoms with van der Waals surface area (Å²) in [6.45, 7) is 7.66. The lowest BCUT2D eigenvalue weighted by molar-refractivity contribution is -0.145. The van der Waals surface area contributed by atoms with Crippen LogP contribution in [0.15, 0.2) is 18.2 Å². The van der Waals surface area contributed by atoms with E-state index < -0.39 is 12.0 Å². The van der Waals surface area contributed by atoms with Crippen LogP contribution in [-0.2, 0) is 4.79 Å². The molecule has 1 fully saturated rings. The van der Waals surface area contributed by atoms with E-state index in [4.69, 9.17) is 23.2 Å². The van der Waals surface area contributed by atoms with Crippen LogP contribution in [-0.4, -0.2) is 53.1 Å². The van der Waals surface area contributed by atoms with E-state index in [1.807, 2.05) is 4.90 Å². The minimum atomic E-state index is -0.856. The van der Waals surface area contributed by atoms with Crippen LogP contribution in [0, 0.1) is 0 Å². The lowest BCUT2D eigenvalue weighted by Gasteiger charge is -2.42. The number of hydrogen-bond acceptors (Lipinski definition) is 3. The second-order valence-electron chi connectivity index (χ2n) is 5.39. The van der Waals surface area contributed by atoms with Crippen molar-refractivity contribution in [1.82, 2.24) is 9.80 Å². The Bertz CT molecular complexity index is 524. The van der Waals surface area contributed by atoms with Crippen molar-refractivity contribution in [2.24, 2.45) is 0 Å². The van der Waals surface area contributed by atoms with E-state index in [0.29, 0.717) is 15.6 Å². The highest BCUT2D eigenvalue weighted by molar-refractivity contribution is 6.42. The molecule has 116 valence electrons. The predicted molar refractivity (Wildman–Crippen MR) is 85.1 cm³/mol. The molecule has 6 heteroatoms. The molecule has 0 saturated carbocycles. The Morgan fingerprint density at radius 3 is 2.62 bits per heavy atom. The van der Waals surface area contributed by atoms with E-state index in [1.165, 1.54) is 0 Å². The molecule has 1 aliphatic rings. The summed E-state index contributed by atoms with van der Waals surface area (Å²) in [4.78, 5) is 16.1. The van der Waals surface area contributed by atoms with Gasteiger partial charge >= 0.3 is 5.97 Å². The average Bonchev–Trinajstić information content (AvgIpc) is 2.44. The smallest absolute Gasteiger partial charge is 0.325 e. The second kappa shape index (κ2) is 6.97. The van der Waals surface area contributed by atoms with Crippen molar-refractivity contribution in [3.8, 4) is 0 Å². The van der Waals surface area contributed by atoms with E-state index >= 15 is 0 Å². The largest absolute Gasteiger partial charge is 0.480 e. The monoisotopic (exact) mass is 330 g/mol. The quantitative estimate of drug-likeness (QED) is 0.921. The van der Waals surface area contributed by atoms with Gasteiger partial charge in [0.25, 0.3) is 0 Å². The zero-order valence-corrected chi connectivity index (χ0v) is 13.7. The van der Waals surface area contributed by atoms with Gasteiger partial charge in [-0.05, 0) is 31.2 Å². The second-order valence-corrected chi connectivity index (χ2v) is 6.21. The number of carbonyl (C=O) groups is 1. The first-order valence-electron chi connectivity index (χ1n) is 7.10. The maximum atomic E-state index is 11.8. The number of rotatable bonds is 4. The van der Waals surface area contributed by atoms with E-state index in [9.17, 15) is 9.90 Å². The summed E-state index contributed by atoms with van der Waals surface area (Å²) in [6, 6.07) is 4.54. The van der Waals surface area contributed by atoms with Crippen LogP contribution in [0.1, 0.15) is 25.5 Å². The van der Waals surface area contributed by atoms with Gasteiger partial charge in [-0.25, -0.2) is 0 Å². The minimum Gasteiger partial charge on any atom is -0.480 e. The first kappa shape index (κ1) is 16.6. The van der Waals surface area contributed by atoms with Gasteiger partial charge in [0.1, 0.15) is 6.04 Å². The van der Waals surface area contributed by atoms with Crippen molar-refractivity contribution < 1.29 is 9.90 Å². The molecule has 0 amide bonds. The third-order valence-corrected chi connectivity index (χ3v) is 4.77. The van der Waals surface area contributed by atoms with Crippen molar-refractivity contribution in [2.75, 3.05) is 26.2 Å². The molecule has 2 unspecified atom stereocenters. The Hall–Kier alpha value is -0.810. The van der Waals surface area contributed by atoms with Crippen molar-refractivity contribution in [1.29, 1.82) is 0 Å². The summed E-state index contributed by atoms with van der Waals surface area (Å²) in [7, 11) is 0. The maximum Gasteiger partial charge on any atom is 0.325 e. The molecule has 1 aromatic carbocycles. The summed E-state index contributed by atoms with van der Waals surface area (Å²) in [5.74, 6) is -0.856. The number of carboxylic acids is 1. The number of benzene rings is 1. The molecule has 0 radical (unpaired) electrons. The zero-order chi connectivity index (χ0) is 15.6. The summed E-state index contributed by atoms with van der Waals surface area (Å²) in [6.07, 6.45) is 0. The topological polar surface area (TPSA) is 43.8 Å². The molecular formula is C15H20Cl2N2O2. The molecule has 1 aliphatic heterocycles. The third-order valence-electron chi connectivity index (χ3n) is 4.04. The Balaban J connectivity index is 2.27. The summed E-state index contributed by atoms with van der Waals surface area (Å²) < 4.78 is 0. The molecule has 1 N–H and O–H groups in total. The van der Waals surface area contributed by atoms with Gasteiger partial charge in [0.2, 0.25) is 0 Å². The highest BCUT2D eigenvalue weighted by Gasteiger charge is 2.34. The lowest BCUT2D eigenvalue weighted by Crippen LogP contribution is -2.54. The summed E-state index contributed by atoms with van der Waals surface area (Å²) >= 11 is 11.9. The summed E-state index contributed by atoms with van der Waals surface area (Å²) in [5.41, 5.74) is 0.675. The van der Waals surface area contributed by atoms with E-state index in [-0.39, 0.29) is 6.04 Å². The van der Waals surface area contributed by atoms with E-state index in [1.54, 1.807) is 18.2 Å². The van der Waals surface area contributed by atoms with Crippen molar-refractivity contribution in [3.05, 3.63) is 33.8 Å². The van der Waals surface area contributed by atoms with Gasteiger partial charge < -0.3 is 10.0 Å². The number of nitrogens with zero attached hydrogens (tertiary/aromatic N) is 2. The Morgan fingerprint density at radius 1 is 1.38 bits per heavy atom. The minimum absolute atomic E-state index is 0.175. The standard InChI is InChI=1S/C15H20Cl2N2O2/c1-3-18-6-7-19(10(2)9-18)14(15(20)21)11-4-5-12(16)13(17)8-11/h4-5,8,10,14H,3,6-7,9H2,1-2H3,(H,20,21). The molecule has 0 spiro atoms. The first-order valence-corrected chi connectivity index (χ1v) is 7.85. The maximum absolute atomic E-state index is 11.8. The van der Waals surface area contributed by atoms with E-state index in [0.717, 1.165) is 26.2 Å². The molecule has 4 nitrogen and oxygen atoms in total.